The van der Waals surface area contributed by atoms with Crippen molar-refractivity contribution in [1.29, 1.82) is 0 Å². The fourth-order valence-corrected chi connectivity index (χ4v) is 1.92. The van der Waals surface area contributed by atoms with Gasteiger partial charge in [-0.3, -0.25) is 4.57 Å². The van der Waals surface area contributed by atoms with Gasteiger partial charge in [0.1, 0.15) is 12.1 Å². The monoisotopic (exact) mass is 248 g/mol. The van der Waals surface area contributed by atoms with Gasteiger partial charge in [-0.15, -0.1) is 0 Å². The lowest BCUT2D eigenvalue weighted by Gasteiger charge is -2.00. The summed E-state index contributed by atoms with van der Waals surface area (Å²) in [6, 6.07) is 18.7. The Morgan fingerprint density at radius 3 is 2.74 bits per heavy atom. The summed E-state index contributed by atoms with van der Waals surface area (Å²) in [5.41, 5.74) is 2.81. The molecule has 0 aliphatic carbocycles. The zero-order chi connectivity index (χ0) is 13.1. The van der Waals surface area contributed by atoms with E-state index in [2.05, 4.69) is 16.9 Å². The number of imidazole rings is 1. The molecule has 3 aromatic rings. The van der Waals surface area contributed by atoms with E-state index in [0.29, 0.717) is 0 Å². The van der Waals surface area contributed by atoms with Gasteiger partial charge < -0.3 is 4.74 Å². The van der Waals surface area contributed by atoms with Gasteiger partial charge in [-0.1, -0.05) is 24.3 Å². The molecule has 3 heteroatoms. The molecule has 0 atom stereocenters. The van der Waals surface area contributed by atoms with Crippen LogP contribution in [0.25, 0.3) is 11.0 Å². The van der Waals surface area contributed by atoms with Crippen molar-refractivity contribution in [2.24, 2.45) is 0 Å². The standard InChI is InChI=1S/C16H12N2O/c1-19-16-9-5-2-6-13(16)10-11-18-12-17-14-7-3-4-8-15(14)18/h2-9,12H,1H3. The van der Waals surface area contributed by atoms with E-state index in [9.17, 15) is 0 Å². The number of benzene rings is 2. The molecule has 1 heterocycles. The van der Waals surface area contributed by atoms with Crippen LogP contribution in [0.1, 0.15) is 5.56 Å². The highest BCUT2D eigenvalue weighted by Gasteiger charge is 1.99. The molecule has 0 bridgehead atoms. The number of rotatable bonds is 1. The Kier molecular flexibility index (Phi) is 2.91. The van der Waals surface area contributed by atoms with Crippen LogP contribution in [0.15, 0.2) is 54.9 Å². The molecule has 3 rings (SSSR count). The third kappa shape index (κ3) is 2.16. The highest BCUT2D eigenvalue weighted by molar-refractivity contribution is 5.76. The number of nitrogens with zero attached hydrogens (tertiary/aromatic N) is 2. The predicted octanol–water partition coefficient (Wildman–Crippen LogP) is 2.90. The molecule has 0 amide bonds. The van der Waals surface area contributed by atoms with E-state index in [1.54, 1.807) is 13.4 Å². The van der Waals surface area contributed by atoms with Crippen molar-refractivity contribution >= 4 is 11.0 Å². The Balaban J connectivity index is 2.04. The lowest BCUT2D eigenvalue weighted by molar-refractivity contribution is 0.413. The number of para-hydroxylation sites is 3. The maximum absolute atomic E-state index is 5.28. The number of hydrogen-bond donors (Lipinski definition) is 0. The van der Waals surface area contributed by atoms with Gasteiger partial charge in [0.2, 0.25) is 0 Å². The molecule has 0 unspecified atom stereocenters. The van der Waals surface area contributed by atoms with Crippen LogP contribution in [-0.2, 0) is 0 Å². The summed E-state index contributed by atoms with van der Waals surface area (Å²) in [5, 5.41) is 0. The van der Waals surface area contributed by atoms with Crippen molar-refractivity contribution in [3.63, 3.8) is 0 Å². The van der Waals surface area contributed by atoms with E-state index >= 15 is 0 Å². The van der Waals surface area contributed by atoms with Crippen LogP contribution in [0.3, 0.4) is 0 Å². The number of methoxy groups -OCH3 is 1. The van der Waals surface area contributed by atoms with Gasteiger partial charge in [-0.05, 0) is 30.2 Å². The van der Waals surface area contributed by atoms with Crippen molar-refractivity contribution in [2.45, 2.75) is 0 Å². The highest BCUT2D eigenvalue weighted by Crippen LogP contribution is 2.16. The van der Waals surface area contributed by atoms with E-state index in [1.165, 1.54) is 0 Å². The first-order chi connectivity index (χ1) is 9.38. The third-order valence-electron chi connectivity index (χ3n) is 2.87. The van der Waals surface area contributed by atoms with Gasteiger partial charge in [-0.2, -0.15) is 0 Å². The maximum Gasteiger partial charge on any atom is 0.134 e. The SMILES string of the molecule is COc1ccccc1C#Cn1cnc2ccccc21. The van der Waals surface area contributed by atoms with Crippen LogP contribution >= 0.6 is 0 Å². The highest BCUT2D eigenvalue weighted by atomic mass is 16.5. The molecular formula is C16H12N2O. The minimum atomic E-state index is 0.777. The van der Waals surface area contributed by atoms with Crippen LogP contribution in [0.4, 0.5) is 0 Å². The van der Waals surface area contributed by atoms with E-state index in [4.69, 9.17) is 4.74 Å². The second kappa shape index (κ2) is 4.87. The Morgan fingerprint density at radius 2 is 1.84 bits per heavy atom. The summed E-state index contributed by atoms with van der Waals surface area (Å²) in [6.07, 6.45) is 1.73. The maximum atomic E-state index is 5.28. The van der Waals surface area contributed by atoms with Gasteiger partial charge in [-0.25, -0.2) is 4.98 Å². The topological polar surface area (TPSA) is 27.1 Å². The van der Waals surface area contributed by atoms with Crippen molar-refractivity contribution in [2.75, 3.05) is 7.11 Å². The Bertz CT molecular complexity index is 778. The van der Waals surface area contributed by atoms with Crippen LogP contribution in [0.2, 0.25) is 0 Å². The van der Waals surface area contributed by atoms with Gasteiger partial charge in [0.15, 0.2) is 0 Å². The summed E-state index contributed by atoms with van der Waals surface area (Å²) in [6.45, 7) is 0. The van der Waals surface area contributed by atoms with Crippen molar-refractivity contribution in [3.8, 4) is 17.7 Å². The predicted molar refractivity (Wildman–Crippen MR) is 75.0 cm³/mol. The Hall–Kier alpha value is -2.73. The zero-order valence-electron chi connectivity index (χ0n) is 10.5. The minimum absolute atomic E-state index is 0.777. The van der Waals surface area contributed by atoms with Crippen LogP contribution in [0, 0.1) is 12.0 Å². The molecule has 0 N–H and O–H groups in total. The molecule has 3 nitrogen and oxygen atoms in total. The molecule has 0 radical (unpaired) electrons. The van der Waals surface area contributed by atoms with Crippen LogP contribution < -0.4 is 4.74 Å². The molecule has 92 valence electrons. The third-order valence-corrected chi connectivity index (χ3v) is 2.87. The van der Waals surface area contributed by atoms with Crippen LogP contribution in [-0.4, -0.2) is 16.7 Å². The normalized spacial score (nSPS) is 9.95. The smallest absolute Gasteiger partial charge is 0.134 e. The average molecular weight is 248 g/mol. The van der Waals surface area contributed by atoms with E-state index < -0.39 is 0 Å². The minimum Gasteiger partial charge on any atom is -0.495 e. The lowest BCUT2D eigenvalue weighted by atomic mass is 10.2. The second-order valence-electron chi connectivity index (χ2n) is 4.04. The molecule has 0 saturated carbocycles. The van der Waals surface area contributed by atoms with E-state index in [-0.39, 0.29) is 0 Å². The zero-order valence-corrected chi connectivity index (χ0v) is 10.5. The molecule has 0 aliphatic rings. The number of hydrogen-bond acceptors (Lipinski definition) is 2. The average Bonchev–Trinajstić information content (AvgIpc) is 2.89. The summed E-state index contributed by atoms with van der Waals surface area (Å²) >= 11 is 0. The molecule has 19 heavy (non-hydrogen) atoms. The molecule has 1 aromatic heterocycles. The van der Waals surface area contributed by atoms with E-state index in [0.717, 1.165) is 22.3 Å². The van der Waals surface area contributed by atoms with Crippen molar-refractivity contribution in [1.82, 2.24) is 9.55 Å². The first-order valence-corrected chi connectivity index (χ1v) is 5.95. The van der Waals surface area contributed by atoms with E-state index in [1.807, 2.05) is 53.1 Å². The lowest BCUT2D eigenvalue weighted by Crippen LogP contribution is -1.89. The first kappa shape index (κ1) is 11.4. The second-order valence-corrected chi connectivity index (χ2v) is 4.04. The van der Waals surface area contributed by atoms with Gasteiger partial charge >= 0.3 is 0 Å². The van der Waals surface area contributed by atoms with Gasteiger partial charge in [0, 0.05) is 6.04 Å². The summed E-state index contributed by atoms with van der Waals surface area (Å²) in [4.78, 5) is 4.30. The van der Waals surface area contributed by atoms with Gasteiger partial charge in [0.25, 0.3) is 0 Å². The van der Waals surface area contributed by atoms with Crippen molar-refractivity contribution in [3.05, 3.63) is 60.4 Å². The number of fused-ring (bicyclic) bond motifs is 1. The molecular weight excluding hydrogens is 236 g/mol. The number of ether oxygens (including phenoxy) is 1. The Morgan fingerprint density at radius 1 is 1.05 bits per heavy atom. The summed E-state index contributed by atoms with van der Waals surface area (Å²) < 4.78 is 7.10. The summed E-state index contributed by atoms with van der Waals surface area (Å²) in [5.74, 6) is 3.88. The molecule has 0 aliphatic heterocycles. The fourth-order valence-electron chi connectivity index (χ4n) is 1.92. The molecule has 0 saturated heterocycles. The number of aromatic nitrogens is 2. The molecule has 2 aromatic carbocycles. The summed E-state index contributed by atoms with van der Waals surface area (Å²) in [7, 11) is 1.65. The van der Waals surface area contributed by atoms with Crippen LogP contribution in [0.5, 0.6) is 5.75 Å². The quantitative estimate of drug-likeness (QED) is 0.619. The first-order valence-electron chi connectivity index (χ1n) is 5.95. The fraction of sp³-hybridized carbons (Fsp3) is 0.0625. The van der Waals surface area contributed by atoms with Crippen molar-refractivity contribution < 1.29 is 4.74 Å². The Labute approximate surface area is 111 Å². The largest absolute Gasteiger partial charge is 0.495 e. The molecule has 0 spiro atoms. The molecule has 0 fully saturated rings. The van der Waals surface area contributed by atoms with Gasteiger partial charge in [0.05, 0.1) is 23.7 Å².